The number of hydrogen-bond donors (Lipinski definition) is 3. The molecule has 0 aromatic heterocycles. The second kappa shape index (κ2) is 7.49. The van der Waals surface area contributed by atoms with Crippen molar-refractivity contribution in [2.75, 3.05) is 32.0 Å². The van der Waals surface area contributed by atoms with Crippen molar-refractivity contribution in [3.05, 3.63) is 66.2 Å². The number of benzene rings is 2. The van der Waals surface area contributed by atoms with Crippen molar-refractivity contribution in [1.82, 2.24) is 5.32 Å². The maximum Gasteiger partial charge on any atom is 0.319 e. The van der Waals surface area contributed by atoms with E-state index in [-0.39, 0.29) is 11.4 Å². The van der Waals surface area contributed by atoms with Crippen LogP contribution in [0, 0.1) is 0 Å². The summed E-state index contributed by atoms with van der Waals surface area (Å²) in [6.45, 7) is 2.94. The van der Waals surface area contributed by atoms with E-state index in [0.717, 1.165) is 31.6 Å². The molecule has 3 N–H and O–H groups in total. The van der Waals surface area contributed by atoms with Gasteiger partial charge in [0.2, 0.25) is 0 Å². The summed E-state index contributed by atoms with van der Waals surface area (Å²) < 4.78 is 0. The monoisotopic (exact) mass is 324 g/mol. The molecule has 1 fully saturated rings. The molecule has 1 aliphatic rings. The smallest absolute Gasteiger partial charge is 0.319 e. The summed E-state index contributed by atoms with van der Waals surface area (Å²) in [5.74, 6) is 0. The minimum Gasteiger partial charge on any atom is -0.337 e. The zero-order valence-electron chi connectivity index (χ0n) is 14.2. The van der Waals surface area contributed by atoms with Crippen molar-refractivity contribution in [3.63, 3.8) is 0 Å². The molecule has 0 saturated carbocycles. The molecular formula is C20H26N3O+. The SMILES string of the molecule is C[NH+]1CCC(CNC(=O)Nc2ccccc2)(c2ccccc2)CC1. The van der Waals surface area contributed by atoms with Gasteiger partial charge in [-0.3, -0.25) is 0 Å². The molecule has 0 bridgehead atoms. The number of amides is 2. The van der Waals surface area contributed by atoms with Crippen LogP contribution in [0.4, 0.5) is 10.5 Å². The number of carbonyl (C=O) groups is 1. The van der Waals surface area contributed by atoms with E-state index >= 15 is 0 Å². The first kappa shape index (κ1) is 16.5. The van der Waals surface area contributed by atoms with Crippen molar-refractivity contribution >= 4 is 11.7 Å². The first-order valence-corrected chi connectivity index (χ1v) is 8.65. The maximum atomic E-state index is 12.3. The molecule has 2 aromatic carbocycles. The van der Waals surface area contributed by atoms with Gasteiger partial charge in [0.25, 0.3) is 0 Å². The van der Waals surface area contributed by atoms with Gasteiger partial charge in [0.1, 0.15) is 0 Å². The Bertz CT molecular complexity index is 649. The number of rotatable bonds is 4. The predicted molar refractivity (Wildman–Crippen MR) is 97.4 cm³/mol. The van der Waals surface area contributed by atoms with Crippen molar-refractivity contribution in [1.29, 1.82) is 0 Å². The predicted octanol–water partition coefficient (Wildman–Crippen LogP) is 2.05. The maximum absolute atomic E-state index is 12.3. The Kier molecular flexibility index (Phi) is 5.16. The molecule has 0 radical (unpaired) electrons. The number of likely N-dealkylation sites (tertiary alicyclic amines) is 1. The Balaban J connectivity index is 1.67. The molecule has 24 heavy (non-hydrogen) atoms. The van der Waals surface area contributed by atoms with Gasteiger partial charge >= 0.3 is 6.03 Å². The van der Waals surface area contributed by atoms with E-state index in [2.05, 4.69) is 41.9 Å². The molecule has 0 unspecified atom stereocenters. The van der Waals surface area contributed by atoms with Gasteiger partial charge in [0, 0.05) is 30.5 Å². The number of nitrogens with one attached hydrogen (secondary N) is 3. The summed E-state index contributed by atoms with van der Waals surface area (Å²) in [6.07, 6.45) is 2.18. The molecule has 1 heterocycles. The average molecular weight is 324 g/mol. The van der Waals surface area contributed by atoms with Gasteiger partial charge in [-0.2, -0.15) is 0 Å². The number of carbonyl (C=O) groups excluding carboxylic acids is 1. The largest absolute Gasteiger partial charge is 0.337 e. The van der Waals surface area contributed by atoms with Crippen LogP contribution in [0.2, 0.25) is 0 Å². The lowest BCUT2D eigenvalue weighted by Crippen LogP contribution is -3.10. The van der Waals surface area contributed by atoms with Crippen LogP contribution in [-0.2, 0) is 5.41 Å². The summed E-state index contributed by atoms with van der Waals surface area (Å²) in [5.41, 5.74) is 2.18. The Labute approximate surface area is 143 Å². The quantitative estimate of drug-likeness (QED) is 0.792. The minimum atomic E-state index is -0.136. The Hall–Kier alpha value is -2.33. The van der Waals surface area contributed by atoms with Crippen LogP contribution in [-0.4, -0.2) is 32.7 Å². The molecule has 2 aromatic rings. The molecule has 4 heteroatoms. The molecule has 0 spiro atoms. The topological polar surface area (TPSA) is 45.6 Å². The van der Waals surface area contributed by atoms with Crippen molar-refractivity contribution in [3.8, 4) is 0 Å². The van der Waals surface area contributed by atoms with Crippen LogP contribution >= 0.6 is 0 Å². The van der Waals surface area contributed by atoms with E-state index in [4.69, 9.17) is 0 Å². The fourth-order valence-electron chi connectivity index (χ4n) is 3.46. The number of para-hydroxylation sites is 1. The molecule has 2 amide bonds. The fourth-order valence-corrected chi connectivity index (χ4v) is 3.46. The van der Waals surface area contributed by atoms with Gasteiger partial charge in [-0.25, -0.2) is 4.79 Å². The standard InChI is InChI=1S/C20H25N3O/c1-23-14-12-20(13-15-23,17-8-4-2-5-9-17)16-21-19(24)22-18-10-6-3-7-11-18/h2-11H,12-16H2,1H3,(H2,21,22,24)/p+1. The summed E-state index contributed by atoms with van der Waals surface area (Å²) >= 11 is 0. The molecule has 4 nitrogen and oxygen atoms in total. The van der Waals surface area contributed by atoms with Crippen LogP contribution in [0.25, 0.3) is 0 Å². The lowest BCUT2D eigenvalue weighted by Gasteiger charge is -2.39. The summed E-state index contributed by atoms with van der Waals surface area (Å²) in [5, 5.41) is 6.00. The molecule has 0 aliphatic carbocycles. The van der Waals surface area contributed by atoms with E-state index in [1.54, 1.807) is 4.90 Å². The molecule has 1 aliphatic heterocycles. The molecule has 3 rings (SSSR count). The van der Waals surface area contributed by atoms with Crippen LogP contribution in [0.1, 0.15) is 18.4 Å². The summed E-state index contributed by atoms with van der Waals surface area (Å²) in [6, 6.07) is 20.0. The van der Waals surface area contributed by atoms with E-state index < -0.39 is 0 Å². The van der Waals surface area contributed by atoms with Crippen LogP contribution in [0.5, 0.6) is 0 Å². The number of quaternary nitrogens is 1. The summed E-state index contributed by atoms with van der Waals surface area (Å²) in [7, 11) is 2.24. The normalized spacial score (nSPS) is 23.5. The lowest BCUT2D eigenvalue weighted by atomic mass is 9.72. The first-order valence-electron chi connectivity index (χ1n) is 8.65. The number of hydrogen-bond acceptors (Lipinski definition) is 1. The molecular weight excluding hydrogens is 298 g/mol. The average Bonchev–Trinajstić information content (AvgIpc) is 2.63. The highest BCUT2D eigenvalue weighted by atomic mass is 16.2. The molecule has 126 valence electrons. The second-order valence-corrected chi connectivity index (χ2v) is 6.78. The van der Waals surface area contributed by atoms with Gasteiger partial charge in [0.15, 0.2) is 0 Å². The first-order chi connectivity index (χ1) is 11.7. The van der Waals surface area contributed by atoms with Crippen LogP contribution < -0.4 is 15.5 Å². The number of urea groups is 1. The van der Waals surface area contributed by atoms with Crippen LogP contribution in [0.15, 0.2) is 60.7 Å². The van der Waals surface area contributed by atoms with Gasteiger partial charge in [-0.15, -0.1) is 0 Å². The Morgan fingerprint density at radius 2 is 1.58 bits per heavy atom. The minimum absolute atomic E-state index is 0.0365. The molecule has 0 atom stereocenters. The van der Waals surface area contributed by atoms with Gasteiger partial charge in [0.05, 0.1) is 20.1 Å². The fraction of sp³-hybridized carbons (Fsp3) is 0.350. The number of anilines is 1. The van der Waals surface area contributed by atoms with E-state index in [1.807, 2.05) is 36.4 Å². The highest BCUT2D eigenvalue weighted by Gasteiger charge is 2.37. The summed E-state index contributed by atoms with van der Waals surface area (Å²) in [4.78, 5) is 13.8. The zero-order chi connectivity index (χ0) is 16.8. The zero-order valence-corrected chi connectivity index (χ0v) is 14.2. The van der Waals surface area contributed by atoms with Gasteiger partial charge in [-0.05, 0) is 17.7 Å². The van der Waals surface area contributed by atoms with Gasteiger partial charge in [-0.1, -0.05) is 48.5 Å². The Morgan fingerprint density at radius 1 is 1.00 bits per heavy atom. The third kappa shape index (κ3) is 3.95. The van der Waals surface area contributed by atoms with E-state index in [0.29, 0.717) is 6.54 Å². The second-order valence-electron chi connectivity index (χ2n) is 6.78. The van der Waals surface area contributed by atoms with Crippen molar-refractivity contribution < 1.29 is 9.69 Å². The van der Waals surface area contributed by atoms with E-state index in [1.165, 1.54) is 5.56 Å². The van der Waals surface area contributed by atoms with E-state index in [9.17, 15) is 4.79 Å². The van der Waals surface area contributed by atoms with Crippen molar-refractivity contribution in [2.45, 2.75) is 18.3 Å². The van der Waals surface area contributed by atoms with Crippen LogP contribution in [0.3, 0.4) is 0 Å². The van der Waals surface area contributed by atoms with Gasteiger partial charge < -0.3 is 15.5 Å². The highest BCUT2D eigenvalue weighted by molar-refractivity contribution is 5.89. The highest BCUT2D eigenvalue weighted by Crippen LogP contribution is 2.31. The third-order valence-electron chi connectivity index (χ3n) is 5.07. The third-order valence-corrected chi connectivity index (χ3v) is 5.07. The Morgan fingerprint density at radius 3 is 2.21 bits per heavy atom. The lowest BCUT2D eigenvalue weighted by molar-refractivity contribution is -0.886. The number of piperidine rings is 1. The van der Waals surface area contributed by atoms with Crippen molar-refractivity contribution in [2.24, 2.45) is 0 Å². The molecule has 1 saturated heterocycles.